The zero-order valence-electron chi connectivity index (χ0n) is 12.3. The highest BCUT2D eigenvalue weighted by atomic mass is 32.1. The summed E-state index contributed by atoms with van der Waals surface area (Å²) in [7, 11) is 0. The third kappa shape index (κ3) is 5.30. The van der Waals surface area contributed by atoms with E-state index >= 15 is 0 Å². The van der Waals surface area contributed by atoms with Crippen LogP contribution in [0.5, 0.6) is 0 Å². The van der Waals surface area contributed by atoms with E-state index in [-0.39, 0.29) is 30.6 Å². The Labute approximate surface area is 123 Å². The van der Waals surface area contributed by atoms with Crippen molar-refractivity contribution in [3.8, 4) is 0 Å². The molecule has 0 saturated heterocycles. The van der Waals surface area contributed by atoms with Gasteiger partial charge in [-0.05, 0) is 39.1 Å². The molecule has 1 amide bonds. The number of hydrogen-bond donors (Lipinski definition) is 2. The molecule has 1 aromatic rings. The van der Waals surface area contributed by atoms with Crippen molar-refractivity contribution in [2.45, 2.75) is 39.3 Å². The topological polar surface area (TPSA) is 69.6 Å². The Balaban J connectivity index is 2.60. The molecule has 0 aliphatic carbocycles. The lowest BCUT2D eigenvalue weighted by Gasteiger charge is -2.33. The molecular formula is C14H22N2O3S. The molecule has 0 radical (unpaired) electrons. The fourth-order valence-electron chi connectivity index (χ4n) is 1.76. The van der Waals surface area contributed by atoms with Crippen molar-refractivity contribution >= 4 is 23.2 Å². The van der Waals surface area contributed by atoms with E-state index in [1.165, 1.54) is 0 Å². The van der Waals surface area contributed by atoms with Crippen LogP contribution in [-0.2, 0) is 9.59 Å². The Bertz CT molecular complexity index is 451. The number of carboxylic acids is 1. The monoisotopic (exact) mass is 298 g/mol. The number of carbonyl (C=O) groups is 2. The third-order valence-electron chi connectivity index (χ3n) is 2.96. The molecule has 0 aromatic carbocycles. The van der Waals surface area contributed by atoms with E-state index in [1.54, 1.807) is 16.2 Å². The molecule has 20 heavy (non-hydrogen) atoms. The van der Waals surface area contributed by atoms with Crippen LogP contribution in [0, 0.1) is 0 Å². The number of amides is 1. The van der Waals surface area contributed by atoms with E-state index in [0.717, 1.165) is 4.88 Å². The number of thiophene rings is 1. The highest BCUT2D eigenvalue weighted by Crippen LogP contribution is 2.18. The van der Waals surface area contributed by atoms with Gasteiger partial charge in [0, 0.05) is 10.4 Å². The zero-order chi connectivity index (χ0) is 15.3. The van der Waals surface area contributed by atoms with Crippen molar-refractivity contribution in [3.05, 3.63) is 22.4 Å². The number of carbonyl (C=O) groups excluding carboxylic acids is 1. The molecule has 1 heterocycles. The summed E-state index contributed by atoms with van der Waals surface area (Å²) in [5.74, 6) is -1.10. The van der Waals surface area contributed by atoms with Gasteiger partial charge < -0.3 is 10.4 Å². The number of carboxylic acid groups (broad SMARTS) is 1. The molecule has 2 N–H and O–H groups in total. The standard InChI is InChI=1S/C14H22N2O3S/c1-10(11-6-5-7-20-11)15-12(17)8-16(9-13(18)19)14(2,3)4/h5-7,10H,8-9H2,1-4H3,(H,15,17)(H,18,19). The highest BCUT2D eigenvalue weighted by molar-refractivity contribution is 7.10. The number of hydrogen-bond acceptors (Lipinski definition) is 4. The first-order valence-electron chi connectivity index (χ1n) is 6.49. The fourth-order valence-corrected chi connectivity index (χ4v) is 2.50. The Kier molecular flexibility index (Phi) is 5.71. The van der Waals surface area contributed by atoms with Crippen LogP contribution in [0.15, 0.2) is 17.5 Å². The van der Waals surface area contributed by atoms with Gasteiger partial charge in [-0.2, -0.15) is 0 Å². The lowest BCUT2D eigenvalue weighted by Crippen LogP contribution is -2.49. The van der Waals surface area contributed by atoms with Gasteiger partial charge in [0.1, 0.15) is 0 Å². The maximum atomic E-state index is 12.0. The number of nitrogens with zero attached hydrogens (tertiary/aromatic N) is 1. The first-order valence-corrected chi connectivity index (χ1v) is 7.37. The zero-order valence-corrected chi connectivity index (χ0v) is 13.2. The summed E-state index contributed by atoms with van der Waals surface area (Å²) in [5, 5.41) is 13.8. The highest BCUT2D eigenvalue weighted by Gasteiger charge is 2.26. The maximum absolute atomic E-state index is 12.0. The second-order valence-corrected chi connectivity index (χ2v) is 6.70. The van der Waals surface area contributed by atoms with Crippen LogP contribution in [-0.4, -0.2) is 40.5 Å². The molecule has 6 heteroatoms. The van der Waals surface area contributed by atoms with Crippen LogP contribution < -0.4 is 5.32 Å². The van der Waals surface area contributed by atoms with E-state index in [2.05, 4.69) is 5.32 Å². The normalized spacial score (nSPS) is 13.2. The van der Waals surface area contributed by atoms with Gasteiger partial charge in [-0.25, -0.2) is 0 Å². The molecule has 5 nitrogen and oxygen atoms in total. The Hall–Kier alpha value is -1.40. The first-order chi connectivity index (χ1) is 9.20. The van der Waals surface area contributed by atoms with Gasteiger partial charge in [-0.1, -0.05) is 6.07 Å². The van der Waals surface area contributed by atoms with Gasteiger partial charge in [0.15, 0.2) is 0 Å². The smallest absolute Gasteiger partial charge is 0.317 e. The average molecular weight is 298 g/mol. The van der Waals surface area contributed by atoms with E-state index in [0.29, 0.717) is 0 Å². The summed E-state index contributed by atoms with van der Waals surface area (Å²) >= 11 is 1.59. The van der Waals surface area contributed by atoms with E-state index in [9.17, 15) is 9.59 Å². The summed E-state index contributed by atoms with van der Waals surface area (Å²) in [5.41, 5.74) is -0.373. The van der Waals surface area contributed by atoms with Gasteiger partial charge in [0.2, 0.25) is 5.91 Å². The molecule has 0 aliphatic heterocycles. The quantitative estimate of drug-likeness (QED) is 0.844. The molecule has 0 saturated carbocycles. The van der Waals surface area contributed by atoms with Crippen LogP contribution in [0.1, 0.15) is 38.6 Å². The molecule has 0 spiro atoms. The summed E-state index contributed by atoms with van der Waals surface area (Å²) < 4.78 is 0. The van der Waals surface area contributed by atoms with Crippen molar-refractivity contribution in [1.29, 1.82) is 0 Å². The minimum atomic E-state index is -0.931. The predicted molar refractivity (Wildman–Crippen MR) is 79.8 cm³/mol. The van der Waals surface area contributed by atoms with Crippen molar-refractivity contribution in [2.75, 3.05) is 13.1 Å². The minimum Gasteiger partial charge on any atom is -0.480 e. The van der Waals surface area contributed by atoms with Crippen LogP contribution in [0.3, 0.4) is 0 Å². The SMILES string of the molecule is CC(NC(=O)CN(CC(=O)O)C(C)(C)C)c1cccs1. The van der Waals surface area contributed by atoms with Crippen molar-refractivity contribution in [3.63, 3.8) is 0 Å². The van der Waals surface area contributed by atoms with Crippen molar-refractivity contribution < 1.29 is 14.7 Å². The van der Waals surface area contributed by atoms with Crippen molar-refractivity contribution in [1.82, 2.24) is 10.2 Å². The first kappa shape index (κ1) is 16.7. The maximum Gasteiger partial charge on any atom is 0.317 e. The molecule has 1 atom stereocenters. The fraction of sp³-hybridized carbons (Fsp3) is 0.571. The minimum absolute atomic E-state index is 0.0610. The summed E-state index contributed by atoms with van der Waals surface area (Å²) in [6, 6.07) is 3.84. The molecular weight excluding hydrogens is 276 g/mol. The van der Waals surface area contributed by atoms with E-state index in [4.69, 9.17) is 5.11 Å². The summed E-state index contributed by atoms with van der Waals surface area (Å²) in [6.07, 6.45) is 0. The summed E-state index contributed by atoms with van der Waals surface area (Å²) in [4.78, 5) is 25.6. The number of rotatable bonds is 6. The van der Waals surface area contributed by atoms with Gasteiger partial charge in [0.05, 0.1) is 19.1 Å². The van der Waals surface area contributed by atoms with Crippen LogP contribution in [0.4, 0.5) is 0 Å². The third-order valence-corrected chi connectivity index (χ3v) is 4.01. The Morgan fingerprint density at radius 3 is 2.50 bits per heavy atom. The van der Waals surface area contributed by atoms with E-state index < -0.39 is 5.97 Å². The molecule has 0 bridgehead atoms. The Morgan fingerprint density at radius 2 is 2.05 bits per heavy atom. The molecule has 1 unspecified atom stereocenters. The second-order valence-electron chi connectivity index (χ2n) is 5.73. The molecule has 1 rings (SSSR count). The predicted octanol–water partition coefficient (Wildman–Crippen LogP) is 2.11. The largest absolute Gasteiger partial charge is 0.480 e. The van der Waals surface area contributed by atoms with Gasteiger partial charge in [-0.3, -0.25) is 14.5 Å². The number of aliphatic carboxylic acids is 1. The van der Waals surface area contributed by atoms with Crippen LogP contribution >= 0.6 is 11.3 Å². The Morgan fingerprint density at radius 1 is 1.40 bits per heavy atom. The molecule has 1 aromatic heterocycles. The average Bonchev–Trinajstić information content (AvgIpc) is 2.79. The van der Waals surface area contributed by atoms with Crippen LogP contribution in [0.2, 0.25) is 0 Å². The molecule has 0 fully saturated rings. The van der Waals surface area contributed by atoms with Gasteiger partial charge in [-0.15, -0.1) is 11.3 Å². The number of nitrogens with one attached hydrogen (secondary N) is 1. The van der Waals surface area contributed by atoms with Crippen molar-refractivity contribution in [2.24, 2.45) is 0 Å². The second kappa shape index (κ2) is 6.85. The van der Waals surface area contributed by atoms with Gasteiger partial charge in [0.25, 0.3) is 0 Å². The van der Waals surface area contributed by atoms with E-state index in [1.807, 2.05) is 45.2 Å². The molecule has 112 valence electrons. The molecule has 0 aliphatic rings. The van der Waals surface area contributed by atoms with Gasteiger partial charge >= 0.3 is 5.97 Å². The lowest BCUT2D eigenvalue weighted by atomic mass is 10.1. The lowest BCUT2D eigenvalue weighted by molar-refractivity contribution is -0.140. The summed E-state index contributed by atoms with van der Waals surface area (Å²) in [6.45, 7) is 7.53. The van der Waals surface area contributed by atoms with Crippen LogP contribution in [0.25, 0.3) is 0 Å².